The van der Waals surface area contributed by atoms with Crippen LogP contribution in [0, 0.1) is 0 Å². The minimum absolute atomic E-state index is 0.0907. The molecule has 0 aliphatic carbocycles. The van der Waals surface area contributed by atoms with Crippen molar-refractivity contribution in [1.82, 2.24) is 4.90 Å². The van der Waals surface area contributed by atoms with Crippen LogP contribution in [0.2, 0.25) is 5.02 Å². The number of ether oxygens (including phenoxy) is 1. The van der Waals surface area contributed by atoms with Gasteiger partial charge < -0.3 is 21.1 Å². The number of carbonyl (C=O) groups is 3. The molecule has 5 rings (SSSR count). The van der Waals surface area contributed by atoms with Gasteiger partial charge in [0, 0.05) is 34.1 Å². The van der Waals surface area contributed by atoms with Crippen LogP contribution in [0.25, 0.3) is 21.6 Å². The molecule has 9 heteroatoms. The van der Waals surface area contributed by atoms with E-state index in [1.165, 1.54) is 11.3 Å². The van der Waals surface area contributed by atoms with E-state index in [-0.39, 0.29) is 24.8 Å². The maximum Gasteiger partial charge on any atom is 0.263 e. The lowest BCUT2D eigenvalue weighted by molar-refractivity contribution is -0.125. The summed E-state index contributed by atoms with van der Waals surface area (Å²) < 4.78 is 5.62. The van der Waals surface area contributed by atoms with E-state index >= 15 is 0 Å². The lowest BCUT2D eigenvalue weighted by Gasteiger charge is -2.40. The van der Waals surface area contributed by atoms with Gasteiger partial charge in [-0.05, 0) is 48.2 Å². The van der Waals surface area contributed by atoms with E-state index in [4.69, 9.17) is 27.8 Å². The molecule has 3 amide bonds. The number of piperidine rings is 1. The summed E-state index contributed by atoms with van der Waals surface area (Å²) in [5, 5.41) is 0.591. The summed E-state index contributed by atoms with van der Waals surface area (Å²) in [6, 6.07) is 26.5. The minimum atomic E-state index is -0.789. The fraction of sp³-hybridized carbons (Fsp3) is 0.219. The highest BCUT2D eigenvalue weighted by Crippen LogP contribution is 2.43. The summed E-state index contributed by atoms with van der Waals surface area (Å²) in [6.07, 6.45) is 1.06. The van der Waals surface area contributed by atoms with E-state index in [1.54, 1.807) is 4.90 Å². The number of nitrogens with two attached hydrogens (primary N) is 2. The van der Waals surface area contributed by atoms with Crippen molar-refractivity contribution in [1.29, 1.82) is 0 Å². The van der Waals surface area contributed by atoms with Gasteiger partial charge in [-0.3, -0.25) is 14.4 Å². The first-order chi connectivity index (χ1) is 19.8. The molecule has 41 heavy (non-hydrogen) atoms. The summed E-state index contributed by atoms with van der Waals surface area (Å²) in [5.74, 6) is -0.259. The summed E-state index contributed by atoms with van der Waals surface area (Å²) in [4.78, 5) is 40.7. The van der Waals surface area contributed by atoms with Crippen molar-refractivity contribution in [2.75, 3.05) is 19.7 Å². The van der Waals surface area contributed by atoms with E-state index in [2.05, 4.69) is 0 Å². The number of nitrogens with zero attached hydrogens (tertiary/aromatic N) is 1. The summed E-state index contributed by atoms with van der Waals surface area (Å²) in [7, 11) is 0. The molecule has 0 atom stereocenters. The molecular formula is C32H30ClN3O4S. The van der Waals surface area contributed by atoms with Gasteiger partial charge in [0.25, 0.3) is 5.91 Å². The molecular weight excluding hydrogens is 558 g/mol. The molecule has 4 aromatic rings. The minimum Gasteiger partial charge on any atom is -0.493 e. The Bertz CT molecular complexity index is 1560. The van der Waals surface area contributed by atoms with Gasteiger partial charge >= 0.3 is 0 Å². The van der Waals surface area contributed by atoms with Gasteiger partial charge in [-0.1, -0.05) is 72.3 Å². The quantitative estimate of drug-likeness (QED) is 0.263. The smallest absolute Gasteiger partial charge is 0.263 e. The van der Waals surface area contributed by atoms with Crippen molar-refractivity contribution in [2.24, 2.45) is 11.5 Å². The molecule has 0 saturated carbocycles. The number of amides is 3. The molecule has 7 nitrogen and oxygen atoms in total. The first-order valence-electron chi connectivity index (χ1n) is 13.3. The molecule has 2 heterocycles. The van der Waals surface area contributed by atoms with Gasteiger partial charge in [0.15, 0.2) is 0 Å². The Balaban J connectivity index is 1.42. The second kappa shape index (κ2) is 12.2. The first-order valence-corrected chi connectivity index (χ1v) is 14.5. The van der Waals surface area contributed by atoms with Crippen molar-refractivity contribution < 1.29 is 19.1 Å². The normalized spacial score (nSPS) is 14.4. The Morgan fingerprint density at radius 1 is 0.878 bits per heavy atom. The molecule has 1 aromatic heterocycles. The number of primary amides is 2. The van der Waals surface area contributed by atoms with E-state index in [1.807, 2.05) is 84.9 Å². The number of hydrogen-bond donors (Lipinski definition) is 2. The zero-order valence-electron chi connectivity index (χ0n) is 22.3. The molecule has 1 saturated heterocycles. The fourth-order valence-corrected chi connectivity index (χ4v) is 6.71. The van der Waals surface area contributed by atoms with Crippen LogP contribution in [0.4, 0.5) is 0 Å². The first kappa shape index (κ1) is 28.4. The van der Waals surface area contributed by atoms with Crippen LogP contribution in [0.3, 0.4) is 0 Å². The second-order valence-electron chi connectivity index (χ2n) is 10.0. The number of thiophene rings is 1. The topological polar surface area (TPSA) is 116 Å². The highest BCUT2D eigenvalue weighted by Gasteiger charge is 2.42. The van der Waals surface area contributed by atoms with Gasteiger partial charge in [0.1, 0.15) is 5.75 Å². The average Bonchev–Trinajstić information content (AvgIpc) is 3.43. The molecule has 210 valence electrons. The van der Waals surface area contributed by atoms with Gasteiger partial charge in [-0.25, -0.2) is 0 Å². The van der Waals surface area contributed by atoms with Crippen LogP contribution < -0.4 is 16.2 Å². The van der Waals surface area contributed by atoms with Crippen LogP contribution in [-0.2, 0) is 15.0 Å². The Labute approximate surface area is 247 Å². The number of carbonyl (C=O) groups excluding carboxylic acids is 3. The second-order valence-corrected chi connectivity index (χ2v) is 11.5. The third-order valence-corrected chi connectivity index (χ3v) is 9.03. The van der Waals surface area contributed by atoms with Crippen molar-refractivity contribution in [3.8, 4) is 27.3 Å². The molecule has 0 bridgehead atoms. The Morgan fingerprint density at radius 2 is 1.54 bits per heavy atom. The van der Waals surface area contributed by atoms with Gasteiger partial charge in [0.05, 0.1) is 23.3 Å². The Hall–Kier alpha value is -4.14. The standard InChI is InChI=1S/C32H30ClN3O4S/c33-26-9-5-4-8-24(26)29-25(21-10-12-23(13-11-21)40-19-14-28(34)37)20-27(41-29)30(38)36-17-15-32(16-18-36,31(35)39)22-6-2-1-3-7-22/h1-13,20H,14-19H2,(H2,34,37)(H2,35,39). The van der Waals surface area contributed by atoms with Gasteiger partial charge in [-0.2, -0.15) is 0 Å². The van der Waals surface area contributed by atoms with Gasteiger partial charge in [0.2, 0.25) is 11.8 Å². The van der Waals surface area contributed by atoms with Crippen molar-refractivity contribution in [3.63, 3.8) is 0 Å². The largest absolute Gasteiger partial charge is 0.493 e. The number of halogens is 1. The predicted octanol–water partition coefficient (Wildman–Crippen LogP) is 5.65. The zero-order valence-corrected chi connectivity index (χ0v) is 23.9. The summed E-state index contributed by atoms with van der Waals surface area (Å²) >= 11 is 7.99. The van der Waals surface area contributed by atoms with Gasteiger partial charge in [-0.15, -0.1) is 11.3 Å². The van der Waals surface area contributed by atoms with E-state index < -0.39 is 11.3 Å². The van der Waals surface area contributed by atoms with Crippen LogP contribution in [0.5, 0.6) is 5.75 Å². The lowest BCUT2D eigenvalue weighted by Crippen LogP contribution is -2.51. The van der Waals surface area contributed by atoms with Crippen molar-refractivity contribution in [3.05, 3.63) is 100 Å². The highest BCUT2D eigenvalue weighted by atomic mass is 35.5. The third-order valence-electron chi connectivity index (χ3n) is 7.55. The molecule has 4 N–H and O–H groups in total. The van der Waals surface area contributed by atoms with Crippen LogP contribution in [0.1, 0.15) is 34.5 Å². The number of benzene rings is 3. The molecule has 1 aliphatic heterocycles. The SMILES string of the molecule is NC(=O)CCOc1ccc(-c2cc(C(=O)N3CCC(C(N)=O)(c4ccccc4)CC3)sc2-c2ccccc2Cl)cc1. The highest BCUT2D eigenvalue weighted by molar-refractivity contribution is 7.18. The Morgan fingerprint density at radius 3 is 2.17 bits per heavy atom. The Kier molecular flexibility index (Phi) is 8.42. The number of hydrogen-bond acceptors (Lipinski definition) is 5. The van der Waals surface area contributed by atoms with E-state index in [0.717, 1.165) is 27.1 Å². The zero-order chi connectivity index (χ0) is 29.0. The van der Waals surface area contributed by atoms with E-state index in [9.17, 15) is 14.4 Å². The van der Waals surface area contributed by atoms with Crippen LogP contribution >= 0.6 is 22.9 Å². The summed E-state index contributed by atoms with van der Waals surface area (Å²) in [6.45, 7) is 1.04. The molecule has 1 aliphatic rings. The van der Waals surface area contributed by atoms with Crippen molar-refractivity contribution >= 4 is 40.7 Å². The molecule has 0 spiro atoms. The third kappa shape index (κ3) is 5.99. The number of rotatable bonds is 9. The molecule has 1 fully saturated rings. The maximum absolute atomic E-state index is 13.8. The fourth-order valence-electron chi connectivity index (χ4n) is 5.24. The van der Waals surface area contributed by atoms with E-state index in [0.29, 0.717) is 41.6 Å². The lowest BCUT2D eigenvalue weighted by atomic mass is 9.72. The van der Waals surface area contributed by atoms with Crippen LogP contribution in [-0.4, -0.2) is 42.3 Å². The average molecular weight is 588 g/mol. The predicted molar refractivity (Wildman–Crippen MR) is 162 cm³/mol. The van der Waals surface area contributed by atoms with Crippen LogP contribution in [0.15, 0.2) is 84.9 Å². The maximum atomic E-state index is 13.8. The molecule has 0 radical (unpaired) electrons. The monoisotopic (exact) mass is 587 g/mol. The number of likely N-dealkylation sites (tertiary alicyclic amines) is 1. The molecule has 3 aromatic carbocycles. The summed E-state index contributed by atoms with van der Waals surface area (Å²) in [5.41, 5.74) is 13.8. The molecule has 0 unspecified atom stereocenters. The van der Waals surface area contributed by atoms with Crippen molar-refractivity contribution in [2.45, 2.75) is 24.7 Å².